The van der Waals surface area contributed by atoms with Gasteiger partial charge in [-0.2, -0.15) is 0 Å². The zero-order valence-electron chi connectivity index (χ0n) is 13.5. The summed E-state index contributed by atoms with van der Waals surface area (Å²) in [5.74, 6) is -1.18. The molecule has 3 rings (SSSR count). The maximum Gasteiger partial charge on any atom is 0.270 e. The third kappa shape index (κ3) is 3.98. The molecule has 1 heterocycles. The number of aromatic nitrogens is 1. The molecule has 0 spiro atoms. The molecule has 0 aliphatic carbocycles. The Morgan fingerprint density at radius 3 is 2.52 bits per heavy atom. The number of fused-ring (bicyclic) bond motifs is 1. The standard InChI is InChI=1S/C19H16FN3O2/c1-12-10-16(15-4-2-3-5-17(15)21-12)19(25)23-22-18(24)11-13-6-8-14(20)9-7-13/h2-10H,11H2,1H3,(H,22,24)(H,23,25). The summed E-state index contributed by atoms with van der Waals surface area (Å²) in [5.41, 5.74) is 7.29. The van der Waals surface area contributed by atoms with Gasteiger partial charge in [0.1, 0.15) is 5.82 Å². The minimum absolute atomic E-state index is 0.0384. The SMILES string of the molecule is Cc1cc(C(=O)NNC(=O)Cc2ccc(F)cc2)c2ccccc2n1. The van der Waals surface area contributed by atoms with Crippen molar-refractivity contribution in [2.45, 2.75) is 13.3 Å². The van der Waals surface area contributed by atoms with Crippen molar-refractivity contribution in [3.8, 4) is 0 Å². The molecule has 5 nitrogen and oxygen atoms in total. The zero-order valence-corrected chi connectivity index (χ0v) is 13.5. The Morgan fingerprint density at radius 2 is 1.76 bits per heavy atom. The summed E-state index contributed by atoms with van der Waals surface area (Å²) in [7, 11) is 0. The molecule has 0 atom stereocenters. The lowest BCUT2D eigenvalue weighted by Gasteiger charge is -2.10. The van der Waals surface area contributed by atoms with E-state index in [1.165, 1.54) is 24.3 Å². The van der Waals surface area contributed by atoms with Crippen LogP contribution in [-0.4, -0.2) is 16.8 Å². The van der Waals surface area contributed by atoms with Crippen LogP contribution >= 0.6 is 0 Å². The first-order chi connectivity index (χ1) is 12.0. The van der Waals surface area contributed by atoms with Crippen molar-refractivity contribution in [1.29, 1.82) is 0 Å². The summed E-state index contributed by atoms with van der Waals surface area (Å²) in [4.78, 5) is 28.7. The molecule has 3 aromatic rings. The Hall–Kier alpha value is -3.28. The largest absolute Gasteiger partial charge is 0.273 e. The number of nitrogens with one attached hydrogen (secondary N) is 2. The number of carbonyl (C=O) groups excluding carboxylic acids is 2. The minimum atomic E-state index is -0.422. The normalized spacial score (nSPS) is 10.5. The molecule has 0 aliphatic rings. The molecule has 0 aliphatic heterocycles. The number of carbonyl (C=O) groups is 2. The first-order valence-corrected chi connectivity index (χ1v) is 7.73. The van der Waals surface area contributed by atoms with E-state index in [4.69, 9.17) is 0 Å². The molecule has 0 fully saturated rings. The Labute approximate surface area is 143 Å². The molecular formula is C19H16FN3O2. The molecule has 2 N–H and O–H groups in total. The number of pyridine rings is 1. The lowest BCUT2D eigenvalue weighted by Crippen LogP contribution is -2.42. The molecule has 0 saturated heterocycles. The Morgan fingerprint density at radius 1 is 1.04 bits per heavy atom. The Balaban J connectivity index is 1.68. The van der Waals surface area contributed by atoms with Gasteiger partial charge in [0.05, 0.1) is 17.5 Å². The zero-order chi connectivity index (χ0) is 17.8. The summed E-state index contributed by atoms with van der Waals surface area (Å²) < 4.78 is 12.9. The second-order valence-electron chi connectivity index (χ2n) is 5.63. The fraction of sp³-hybridized carbons (Fsp3) is 0.105. The van der Waals surface area contributed by atoms with Crippen molar-refractivity contribution < 1.29 is 14.0 Å². The van der Waals surface area contributed by atoms with Gasteiger partial charge in [-0.05, 0) is 36.8 Å². The molecule has 2 aromatic carbocycles. The number of hydrogen-bond donors (Lipinski definition) is 2. The van der Waals surface area contributed by atoms with E-state index < -0.39 is 11.8 Å². The van der Waals surface area contributed by atoms with E-state index in [-0.39, 0.29) is 12.2 Å². The van der Waals surface area contributed by atoms with Gasteiger partial charge in [0.15, 0.2) is 0 Å². The average Bonchev–Trinajstić information content (AvgIpc) is 2.61. The maximum absolute atomic E-state index is 12.9. The van der Waals surface area contributed by atoms with Gasteiger partial charge in [-0.3, -0.25) is 25.4 Å². The van der Waals surface area contributed by atoms with E-state index in [1.54, 1.807) is 19.1 Å². The number of benzene rings is 2. The van der Waals surface area contributed by atoms with E-state index in [0.29, 0.717) is 27.7 Å². The number of aryl methyl sites for hydroxylation is 1. The van der Waals surface area contributed by atoms with Crippen LogP contribution in [0.15, 0.2) is 54.6 Å². The van der Waals surface area contributed by atoms with Crippen LogP contribution in [0.2, 0.25) is 0 Å². The van der Waals surface area contributed by atoms with E-state index in [0.717, 1.165) is 0 Å². The molecule has 126 valence electrons. The first-order valence-electron chi connectivity index (χ1n) is 7.73. The quantitative estimate of drug-likeness (QED) is 0.722. The monoisotopic (exact) mass is 337 g/mol. The van der Waals surface area contributed by atoms with Crippen LogP contribution in [0.1, 0.15) is 21.6 Å². The van der Waals surface area contributed by atoms with Crippen molar-refractivity contribution in [2.75, 3.05) is 0 Å². The highest BCUT2D eigenvalue weighted by Crippen LogP contribution is 2.17. The third-order valence-electron chi connectivity index (χ3n) is 3.68. The molecular weight excluding hydrogens is 321 g/mol. The summed E-state index contributed by atoms with van der Waals surface area (Å²) >= 11 is 0. The highest BCUT2D eigenvalue weighted by atomic mass is 19.1. The molecule has 25 heavy (non-hydrogen) atoms. The van der Waals surface area contributed by atoms with Crippen LogP contribution in [0, 0.1) is 12.7 Å². The second-order valence-corrected chi connectivity index (χ2v) is 5.63. The van der Waals surface area contributed by atoms with Gasteiger partial charge in [-0.1, -0.05) is 30.3 Å². The number of rotatable bonds is 3. The number of hydrazine groups is 1. The smallest absolute Gasteiger partial charge is 0.270 e. The Kier molecular flexibility index (Phi) is 4.70. The predicted molar refractivity (Wildman–Crippen MR) is 92.2 cm³/mol. The highest BCUT2D eigenvalue weighted by molar-refractivity contribution is 6.06. The van der Waals surface area contributed by atoms with Crippen LogP contribution in [0.25, 0.3) is 10.9 Å². The lowest BCUT2D eigenvalue weighted by molar-refractivity contribution is -0.121. The van der Waals surface area contributed by atoms with Crippen molar-refractivity contribution in [2.24, 2.45) is 0 Å². The molecule has 1 aromatic heterocycles. The third-order valence-corrected chi connectivity index (χ3v) is 3.68. The minimum Gasteiger partial charge on any atom is -0.273 e. The van der Waals surface area contributed by atoms with Crippen molar-refractivity contribution in [3.05, 3.63) is 77.2 Å². The molecule has 2 amide bonds. The number of hydrogen-bond acceptors (Lipinski definition) is 3. The number of amides is 2. The molecule has 0 unspecified atom stereocenters. The first kappa shape index (κ1) is 16.6. The van der Waals surface area contributed by atoms with Gasteiger partial charge >= 0.3 is 0 Å². The van der Waals surface area contributed by atoms with Crippen molar-refractivity contribution >= 4 is 22.7 Å². The van der Waals surface area contributed by atoms with Crippen LogP contribution < -0.4 is 10.9 Å². The summed E-state index contributed by atoms with van der Waals surface area (Å²) in [5, 5.41) is 0.707. The van der Waals surface area contributed by atoms with Gasteiger partial charge in [0, 0.05) is 11.1 Å². The number of para-hydroxylation sites is 1. The average molecular weight is 337 g/mol. The number of nitrogens with zero attached hydrogens (tertiary/aromatic N) is 1. The number of halogens is 1. The second kappa shape index (κ2) is 7.09. The fourth-order valence-corrected chi connectivity index (χ4v) is 2.52. The van der Waals surface area contributed by atoms with Gasteiger partial charge in [-0.15, -0.1) is 0 Å². The highest BCUT2D eigenvalue weighted by Gasteiger charge is 2.13. The maximum atomic E-state index is 12.9. The van der Waals surface area contributed by atoms with Crippen LogP contribution in [0.3, 0.4) is 0 Å². The van der Waals surface area contributed by atoms with Gasteiger partial charge < -0.3 is 0 Å². The van der Waals surface area contributed by atoms with Crippen LogP contribution in [0.4, 0.5) is 4.39 Å². The van der Waals surface area contributed by atoms with Gasteiger partial charge in [-0.25, -0.2) is 4.39 Å². The molecule has 0 saturated carbocycles. The van der Waals surface area contributed by atoms with E-state index in [1.807, 2.05) is 18.2 Å². The van der Waals surface area contributed by atoms with Crippen molar-refractivity contribution in [1.82, 2.24) is 15.8 Å². The molecule has 0 radical (unpaired) electrons. The van der Waals surface area contributed by atoms with Crippen LogP contribution in [0.5, 0.6) is 0 Å². The topological polar surface area (TPSA) is 71.1 Å². The van der Waals surface area contributed by atoms with Gasteiger partial charge in [0.2, 0.25) is 5.91 Å². The van der Waals surface area contributed by atoms with Crippen LogP contribution in [-0.2, 0) is 11.2 Å². The molecule has 6 heteroatoms. The molecule has 0 bridgehead atoms. The van der Waals surface area contributed by atoms with E-state index in [2.05, 4.69) is 15.8 Å². The summed E-state index contributed by atoms with van der Waals surface area (Å²) in [6.07, 6.45) is 0.0384. The van der Waals surface area contributed by atoms with Gasteiger partial charge in [0.25, 0.3) is 5.91 Å². The Bertz CT molecular complexity index is 939. The summed E-state index contributed by atoms with van der Waals surface area (Å²) in [6, 6.07) is 14.6. The predicted octanol–water partition coefficient (Wildman–Crippen LogP) is 2.69. The summed E-state index contributed by atoms with van der Waals surface area (Å²) in [6.45, 7) is 1.80. The van der Waals surface area contributed by atoms with E-state index in [9.17, 15) is 14.0 Å². The lowest BCUT2D eigenvalue weighted by atomic mass is 10.1. The fourth-order valence-electron chi connectivity index (χ4n) is 2.52. The van der Waals surface area contributed by atoms with Crippen molar-refractivity contribution in [3.63, 3.8) is 0 Å². The van der Waals surface area contributed by atoms with E-state index >= 15 is 0 Å².